The first-order chi connectivity index (χ1) is 29.2. The number of Topliss-reactive ketones (excluding diaryl/α,β-unsaturated/α-hetero) is 2. The summed E-state index contributed by atoms with van der Waals surface area (Å²) in [5.74, 6) is -0.232. The first kappa shape index (κ1) is 55.4. The van der Waals surface area contributed by atoms with Gasteiger partial charge in [-0.1, -0.05) is 88.0 Å². The molecule has 0 saturated carbocycles. The maximum atomic E-state index is 13.2. The van der Waals surface area contributed by atoms with Gasteiger partial charge in [0.15, 0.2) is 11.6 Å². The number of ether oxygens (including phenoxy) is 1. The zero-order valence-electron chi connectivity index (χ0n) is 39.0. The minimum atomic E-state index is -0.350. The molecule has 2 aromatic carbocycles. The molecule has 0 unspecified atom stereocenters. The molecule has 350 valence electrons. The number of nitrogens with one attached hydrogen (secondary N) is 1. The summed E-state index contributed by atoms with van der Waals surface area (Å²) in [6.07, 6.45) is 9.03. The van der Waals surface area contributed by atoms with Crippen LogP contribution in [0.4, 0.5) is 0 Å². The Morgan fingerprint density at radius 3 is 1.52 bits per heavy atom. The summed E-state index contributed by atoms with van der Waals surface area (Å²) >= 11 is 12.5. The Labute approximate surface area is 393 Å². The van der Waals surface area contributed by atoms with Crippen molar-refractivity contribution >= 4 is 68.5 Å². The second kappa shape index (κ2) is 24.0. The number of carbonyl (C=O) groups is 4. The molecule has 2 aliphatic carbocycles. The fraction of sp³-hybridized carbons (Fsp3) is 0.472. The molecule has 1 amide bonds. The Morgan fingerprint density at radius 1 is 0.703 bits per heavy atom. The predicted octanol–water partition coefficient (Wildman–Crippen LogP) is 13.8. The molecule has 0 bridgehead atoms. The van der Waals surface area contributed by atoms with Crippen LogP contribution in [0.15, 0.2) is 69.9 Å². The van der Waals surface area contributed by atoms with Crippen LogP contribution in [0.5, 0.6) is 0 Å². The van der Waals surface area contributed by atoms with Crippen molar-refractivity contribution in [2.24, 2.45) is 5.73 Å². The maximum Gasteiger partial charge on any atom is 0.338 e. The monoisotopic (exact) mass is 917 g/mol. The Bertz CT molecular complexity index is 2530. The van der Waals surface area contributed by atoms with Crippen molar-refractivity contribution in [1.29, 1.82) is 0 Å². The number of aryl methyl sites for hydroxylation is 2. The number of esters is 1. The molecule has 64 heavy (non-hydrogen) atoms. The third-order valence-electron chi connectivity index (χ3n) is 11.8. The fourth-order valence-corrected chi connectivity index (χ4v) is 9.30. The molecule has 2 aliphatic rings. The van der Waals surface area contributed by atoms with Gasteiger partial charge in [0.05, 0.1) is 29.3 Å². The van der Waals surface area contributed by atoms with Gasteiger partial charge in [0.25, 0.3) is 5.91 Å². The van der Waals surface area contributed by atoms with Crippen molar-refractivity contribution in [3.8, 4) is 0 Å². The van der Waals surface area contributed by atoms with Gasteiger partial charge in [-0.05, 0) is 129 Å². The predicted molar refractivity (Wildman–Crippen MR) is 270 cm³/mol. The van der Waals surface area contributed by atoms with Crippen molar-refractivity contribution < 1.29 is 23.9 Å². The number of benzene rings is 2. The highest BCUT2D eigenvalue weighted by atomic mass is 35.5. The van der Waals surface area contributed by atoms with Crippen molar-refractivity contribution in [3.05, 3.63) is 114 Å². The largest absolute Gasteiger partial charge is 0.465 e. The van der Waals surface area contributed by atoms with Crippen LogP contribution < -0.4 is 11.1 Å². The van der Waals surface area contributed by atoms with Crippen LogP contribution in [0.3, 0.4) is 0 Å². The Balaban J connectivity index is 0.000000355. The van der Waals surface area contributed by atoms with Gasteiger partial charge in [-0.25, -0.2) is 4.79 Å². The zero-order valence-corrected chi connectivity index (χ0v) is 40.6. The van der Waals surface area contributed by atoms with Gasteiger partial charge >= 0.3 is 5.97 Å². The lowest BCUT2D eigenvalue weighted by Crippen LogP contribution is -2.29. The number of hydrogen-bond donors (Lipinski definition) is 2. The molecule has 0 spiro atoms. The number of aromatic nitrogens is 2. The van der Waals surface area contributed by atoms with E-state index < -0.39 is 0 Å². The van der Waals surface area contributed by atoms with Crippen LogP contribution in [0, 0.1) is 27.7 Å². The second-order valence-corrected chi connectivity index (χ2v) is 18.0. The number of halogens is 2. The molecule has 9 nitrogen and oxygen atoms in total. The van der Waals surface area contributed by atoms with E-state index in [0.717, 1.165) is 103 Å². The lowest BCUT2D eigenvalue weighted by atomic mass is 9.89. The van der Waals surface area contributed by atoms with E-state index in [0.29, 0.717) is 46.6 Å². The van der Waals surface area contributed by atoms with E-state index in [1.54, 1.807) is 12.1 Å². The molecule has 3 N–H and O–H groups in total. The smallest absolute Gasteiger partial charge is 0.338 e. The molecule has 11 heteroatoms. The van der Waals surface area contributed by atoms with Crippen LogP contribution in [-0.4, -0.2) is 52.8 Å². The number of ketones is 2. The molecular weight excluding hydrogens is 844 g/mol. The van der Waals surface area contributed by atoms with E-state index in [1.807, 2.05) is 39.8 Å². The van der Waals surface area contributed by atoms with E-state index in [4.69, 9.17) is 33.7 Å². The van der Waals surface area contributed by atoms with Crippen LogP contribution in [0.2, 0.25) is 10.0 Å². The highest BCUT2D eigenvalue weighted by molar-refractivity contribution is 6.32. The van der Waals surface area contributed by atoms with Gasteiger partial charge < -0.3 is 24.9 Å². The van der Waals surface area contributed by atoms with Gasteiger partial charge in [0.1, 0.15) is 0 Å². The number of methoxy groups -OCH3 is 1. The molecule has 0 fully saturated rings. The Kier molecular flexibility index (Phi) is 20.8. The molecule has 0 saturated heterocycles. The Hall–Kier alpha value is -4.70. The van der Waals surface area contributed by atoms with E-state index in [2.05, 4.69) is 82.0 Å². The number of nitrogens with zero attached hydrogens (tertiary/aromatic N) is 2. The number of allylic oxidation sites excluding steroid dienone is 6. The summed E-state index contributed by atoms with van der Waals surface area (Å²) in [4.78, 5) is 49.3. The van der Waals surface area contributed by atoms with E-state index in [9.17, 15) is 19.2 Å². The number of nitrogens with two attached hydrogens (primary N) is 1. The van der Waals surface area contributed by atoms with Gasteiger partial charge in [0.2, 0.25) is 0 Å². The van der Waals surface area contributed by atoms with Gasteiger partial charge in [-0.3, -0.25) is 14.4 Å². The summed E-state index contributed by atoms with van der Waals surface area (Å²) in [5.41, 5.74) is 19.1. The summed E-state index contributed by atoms with van der Waals surface area (Å²) in [5, 5.41) is 5.93. The molecule has 6 rings (SSSR count). The molecule has 0 aliphatic heterocycles. The Morgan fingerprint density at radius 2 is 1.11 bits per heavy atom. The third-order valence-corrected chi connectivity index (χ3v) is 12.2. The van der Waals surface area contributed by atoms with Gasteiger partial charge in [-0.2, -0.15) is 0 Å². The first-order valence-corrected chi connectivity index (χ1v) is 22.5. The molecule has 4 aromatic rings. The first-order valence-electron chi connectivity index (χ1n) is 21.7. The highest BCUT2D eigenvalue weighted by Crippen LogP contribution is 2.35. The summed E-state index contributed by atoms with van der Waals surface area (Å²) in [6, 6.07) is 7.79. The van der Waals surface area contributed by atoms with Crippen molar-refractivity contribution in [2.75, 3.05) is 20.2 Å². The second-order valence-electron chi connectivity index (χ2n) is 17.1. The SMILES string of the molecule is C.C.CCCC1=C(CN)C(=O)CC(C)=C1.CCCC1=C(CNC(=O)c2cc(Cl)cc3c2c(C)c(C)n3C(C)C)C(=O)CC(C)=C1.COC(=O)c1cc(Cl)cc2c1c(C)c(C)n2C(C)C. The number of rotatable bonds is 11. The zero-order chi connectivity index (χ0) is 46.3. The van der Waals surface area contributed by atoms with Gasteiger partial charge in [-0.15, -0.1) is 0 Å². The van der Waals surface area contributed by atoms with E-state index in [1.165, 1.54) is 7.11 Å². The standard InChI is InChI=1S/C25H31ClN2O2.C15H18ClNO2.C11H17NO.2CH4/c1-7-8-18-9-15(4)10-23(29)21(18)13-27-25(30)20-11-19(26)12-22-24(20)16(5)17(6)28(22)14(2)3;1-8(2)17-10(4)9(3)14-12(15(18)19-5)6-11(16)7-13(14)17;1-3-4-9-5-8(2)6-11(13)10(9)7-12;;/h9,11-12,14H,7-8,10,13H2,1-6H3,(H,27,30);6-8H,1-5H3;5H,3-4,6-7,12H2,1-2H3;2*1H4. The highest BCUT2D eigenvalue weighted by Gasteiger charge is 2.24. The van der Waals surface area contributed by atoms with Crippen LogP contribution in [-0.2, 0) is 14.3 Å². The van der Waals surface area contributed by atoms with E-state index >= 15 is 0 Å². The summed E-state index contributed by atoms with van der Waals surface area (Å²) in [7, 11) is 1.39. The minimum absolute atomic E-state index is 0. The molecule has 2 heterocycles. The maximum absolute atomic E-state index is 13.2. The molecule has 0 atom stereocenters. The molecule has 0 radical (unpaired) electrons. The lowest BCUT2D eigenvalue weighted by molar-refractivity contribution is -0.116. The quantitative estimate of drug-likeness (QED) is 0.144. The molecule has 2 aromatic heterocycles. The fourth-order valence-electron chi connectivity index (χ4n) is 8.87. The molecular formula is C53H74Cl2N4O5. The lowest BCUT2D eigenvalue weighted by Gasteiger charge is -2.18. The van der Waals surface area contributed by atoms with Crippen molar-refractivity contribution in [1.82, 2.24) is 14.5 Å². The number of hydrogen-bond acceptors (Lipinski definition) is 6. The van der Waals surface area contributed by atoms with Crippen molar-refractivity contribution in [2.45, 2.75) is 149 Å². The van der Waals surface area contributed by atoms with Crippen molar-refractivity contribution in [3.63, 3.8) is 0 Å². The third kappa shape index (κ3) is 12.1. The minimum Gasteiger partial charge on any atom is -0.465 e. The van der Waals surface area contributed by atoms with Crippen LogP contribution in [0.1, 0.15) is 164 Å². The normalized spacial score (nSPS) is 13.8. The topological polar surface area (TPSA) is 125 Å². The van der Waals surface area contributed by atoms with Gasteiger partial charge in [0, 0.05) is 81.4 Å². The number of fused-ring (bicyclic) bond motifs is 2. The number of amides is 1. The summed E-state index contributed by atoms with van der Waals surface area (Å²) in [6.45, 7) is 25.5. The van der Waals surface area contributed by atoms with E-state index in [-0.39, 0.29) is 50.9 Å². The average molecular weight is 918 g/mol. The van der Waals surface area contributed by atoms with Crippen LogP contribution in [0.25, 0.3) is 21.8 Å². The summed E-state index contributed by atoms with van der Waals surface area (Å²) < 4.78 is 9.27. The number of carbonyl (C=O) groups excluding carboxylic acids is 4. The average Bonchev–Trinajstić information content (AvgIpc) is 3.60. The van der Waals surface area contributed by atoms with Crippen LogP contribution >= 0.6 is 23.2 Å².